The van der Waals surface area contributed by atoms with Crippen molar-refractivity contribution < 1.29 is 27.4 Å². The molecule has 2 rings (SSSR count). The van der Waals surface area contributed by atoms with Crippen molar-refractivity contribution in [3.05, 3.63) is 0 Å². The second kappa shape index (κ2) is 11.6. The monoisotopic (exact) mass is 394 g/mol. The fourth-order valence-electron chi connectivity index (χ4n) is 4.57. The summed E-state index contributed by atoms with van der Waals surface area (Å²) in [6.45, 7) is 8.02. The Morgan fingerprint density at radius 3 is 1.56 bits per heavy atom. The van der Waals surface area contributed by atoms with Crippen LogP contribution in [0.25, 0.3) is 0 Å². The molecule has 6 heteroatoms. The molecule has 4 atom stereocenters. The van der Waals surface area contributed by atoms with Crippen molar-refractivity contribution in [3.8, 4) is 0 Å². The standard InChI is InChI=1S/C21H37F3O3/c1-4-7-25-15-12-18(26-8-5-2)20(19(13-15)27-9-6-3)14-10-16(22)21(24)17(23)11-14/h14-21H,4-13H2,1-3H3. The molecule has 0 aliphatic heterocycles. The van der Waals surface area contributed by atoms with E-state index in [4.69, 9.17) is 14.2 Å². The van der Waals surface area contributed by atoms with Gasteiger partial charge in [0.15, 0.2) is 6.17 Å². The number of rotatable bonds is 10. The first-order chi connectivity index (χ1) is 13.0. The smallest absolute Gasteiger partial charge is 0.162 e. The highest BCUT2D eigenvalue weighted by Gasteiger charge is 2.49. The first-order valence-electron chi connectivity index (χ1n) is 10.8. The maximum atomic E-state index is 14.1. The summed E-state index contributed by atoms with van der Waals surface area (Å²) in [5, 5.41) is 0. The third kappa shape index (κ3) is 6.33. The topological polar surface area (TPSA) is 27.7 Å². The van der Waals surface area contributed by atoms with E-state index < -0.39 is 18.5 Å². The molecule has 2 aliphatic rings. The summed E-state index contributed by atoms with van der Waals surface area (Å²) in [6.07, 6.45) is -1.59. The molecule has 2 fully saturated rings. The lowest BCUT2D eigenvalue weighted by Crippen LogP contribution is -2.52. The number of halogens is 3. The average Bonchev–Trinajstić information content (AvgIpc) is 2.66. The number of alkyl halides is 3. The van der Waals surface area contributed by atoms with Gasteiger partial charge in [-0.1, -0.05) is 20.8 Å². The Balaban J connectivity index is 2.17. The summed E-state index contributed by atoms with van der Waals surface area (Å²) in [6, 6.07) is 0. The fraction of sp³-hybridized carbons (Fsp3) is 1.00. The third-order valence-corrected chi connectivity index (χ3v) is 5.77. The van der Waals surface area contributed by atoms with E-state index >= 15 is 0 Å². The Kier molecular flexibility index (Phi) is 9.88. The Bertz CT molecular complexity index is 382. The highest BCUT2D eigenvalue weighted by molar-refractivity contribution is 4.98. The molecule has 4 unspecified atom stereocenters. The van der Waals surface area contributed by atoms with E-state index in [1.807, 2.05) is 13.8 Å². The van der Waals surface area contributed by atoms with Crippen LogP contribution in [0.4, 0.5) is 13.2 Å². The average molecular weight is 395 g/mol. The predicted octanol–water partition coefficient (Wildman–Crippen LogP) is 5.21. The van der Waals surface area contributed by atoms with Crippen LogP contribution in [0.2, 0.25) is 0 Å². The van der Waals surface area contributed by atoms with E-state index in [0.29, 0.717) is 32.7 Å². The van der Waals surface area contributed by atoms with Crippen molar-refractivity contribution in [2.75, 3.05) is 19.8 Å². The molecule has 3 nitrogen and oxygen atoms in total. The SMILES string of the molecule is CCCOC1CC(OCCC)C(C2CC(F)C(F)C(F)C2)C(OCCC)C1. The van der Waals surface area contributed by atoms with Crippen molar-refractivity contribution in [2.24, 2.45) is 11.8 Å². The summed E-state index contributed by atoms with van der Waals surface area (Å²) in [5.74, 6) is -0.383. The van der Waals surface area contributed by atoms with Gasteiger partial charge >= 0.3 is 0 Å². The van der Waals surface area contributed by atoms with Crippen LogP contribution in [0.1, 0.15) is 65.7 Å². The molecule has 0 N–H and O–H groups in total. The number of ether oxygens (including phenoxy) is 3. The van der Waals surface area contributed by atoms with Gasteiger partial charge in [-0.15, -0.1) is 0 Å². The van der Waals surface area contributed by atoms with Crippen LogP contribution >= 0.6 is 0 Å². The zero-order chi connectivity index (χ0) is 19.8. The van der Waals surface area contributed by atoms with Crippen molar-refractivity contribution in [2.45, 2.75) is 103 Å². The molecule has 0 aromatic carbocycles. The fourth-order valence-corrected chi connectivity index (χ4v) is 4.57. The highest BCUT2D eigenvalue weighted by atomic mass is 19.2. The largest absolute Gasteiger partial charge is 0.378 e. The van der Waals surface area contributed by atoms with E-state index in [1.54, 1.807) is 0 Å². The van der Waals surface area contributed by atoms with Crippen molar-refractivity contribution in [3.63, 3.8) is 0 Å². The van der Waals surface area contributed by atoms with Crippen molar-refractivity contribution in [1.82, 2.24) is 0 Å². The minimum absolute atomic E-state index is 0.0322. The first-order valence-corrected chi connectivity index (χ1v) is 10.8. The predicted molar refractivity (Wildman–Crippen MR) is 100 cm³/mol. The van der Waals surface area contributed by atoms with Gasteiger partial charge in [0.25, 0.3) is 0 Å². The molecule has 27 heavy (non-hydrogen) atoms. The van der Waals surface area contributed by atoms with Crippen LogP contribution in [-0.4, -0.2) is 56.6 Å². The van der Waals surface area contributed by atoms with Crippen LogP contribution in [0.3, 0.4) is 0 Å². The molecule has 0 aromatic rings. The molecule has 160 valence electrons. The van der Waals surface area contributed by atoms with Crippen LogP contribution in [-0.2, 0) is 14.2 Å². The molecule has 0 saturated heterocycles. The zero-order valence-corrected chi connectivity index (χ0v) is 17.0. The number of hydrogen-bond donors (Lipinski definition) is 0. The van der Waals surface area contributed by atoms with Gasteiger partial charge in [-0.05, 0) is 38.0 Å². The molecule has 0 radical (unpaired) electrons. The Hall–Kier alpha value is -0.330. The van der Waals surface area contributed by atoms with Crippen molar-refractivity contribution >= 4 is 0 Å². The lowest BCUT2D eigenvalue weighted by molar-refractivity contribution is -0.161. The van der Waals surface area contributed by atoms with Gasteiger partial charge in [0.2, 0.25) is 0 Å². The van der Waals surface area contributed by atoms with Gasteiger partial charge < -0.3 is 14.2 Å². The summed E-state index contributed by atoms with van der Waals surface area (Å²) in [5.41, 5.74) is 0. The third-order valence-electron chi connectivity index (χ3n) is 5.77. The molecule has 0 aromatic heterocycles. The van der Waals surface area contributed by atoms with Crippen LogP contribution in [0, 0.1) is 11.8 Å². The van der Waals surface area contributed by atoms with Gasteiger partial charge in [-0.3, -0.25) is 0 Å². The second-order valence-corrected chi connectivity index (χ2v) is 8.07. The Labute approximate surface area is 162 Å². The van der Waals surface area contributed by atoms with E-state index in [0.717, 1.165) is 19.3 Å². The molecular weight excluding hydrogens is 357 g/mol. The summed E-state index contributed by atoms with van der Waals surface area (Å²) < 4.78 is 60.1. The van der Waals surface area contributed by atoms with Crippen LogP contribution in [0.5, 0.6) is 0 Å². The molecule has 0 heterocycles. The maximum absolute atomic E-state index is 14.1. The Morgan fingerprint density at radius 1 is 0.667 bits per heavy atom. The van der Waals surface area contributed by atoms with Crippen LogP contribution < -0.4 is 0 Å². The molecular formula is C21H37F3O3. The minimum Gasteiger partial charge on any atom is -0.378 e. The quantitative estimate of drug-likeness (QED) is 0.509. The summed E-state index contributed by atoms with van der Waals surface area (Å²) in [4.78, 5) is 0. The van der Waals surface area contributed by atoms with E-state index in [1.165, 1.54) is 0 Å². The van der Waals surface area contributed by atoms with Gasteiger partial charge in [0.05, 0.1) is 18.3 Å². The summed E-state index contributed by atoms with van der Waals surface area (Å²) in [7, 11) is 0. The van der Waals surface area contributed by atoms with E-state index in [9.17, 15) is 13.2 Å². The molecule has 0 spiro atoms. The van der Waals surface area contributed by atoms with Gasteiger partial charge in [-0.2, -0.15) is 0 Å². The zero-order valence-electron chi connectivity index (χ0n) is 17.0. The lowest BCUT2D eigenvalue weighted by Gasteiger charge is -2.47. The van der Waals surface area contributed by atoms with Gasteiger partial charge in [0.1, 0.15) is 12.3 Å². The molecule has 2 aliphatic carbocycles. The van der Waals surface area contributed by atoms with Gasteiger partial charge in [0, 0.05) is 38.6 Å². The van der Waals surface area contributed by atoms with E-state index in [-0.39, 0.29) is 43.0 Å². The van der Waals surface area contributed by atoms with Crippen LogP contribution in [0.15, 0.2) is 0 Å². The molecule has 0 amide bonds. The normalized spacial score (nSPS) is 40.2. The van der Waals surface area contributed by atoms with Crippen molar-refractivity contribution in [1.29, 1.82) is 0 Å². The molecule has 0 bridgehead atoms. The number of hydrogen-bond acceptors (Lipinski definition) is 3. The van der Waals surface area contributed by atoms with Gasteiger partial charge in [-0.25, -0.2) is 13.2 Å². The Morgan fingerprint density at radius 2 is 1.11 bits per heavy atom. The summed E-state index contributed by atoms with van der Waals surface area (Å²) >= 11 is 0. The lowest BCUT2D eigenvalue weighted by atomic mass is 9.68. The minimum atomic E-state index is -2.00. The van der Waals surface area contributed by atoms with E-state index in [2.05, 4.69) is 6.92 Å². The maximum Gasteiger partial charge on any atom is 0.162 e. The highest BCUT2D eigenvalue weighted by Crippen LogP contribution is 2.44. The molecule has 2 saturated carbocycles. The second-order valence-electron chi connectivity index (χ2n) is 8.07. The first kappa shape index (κ1) is 23.0.